The van der Waals surface area contributed by atoms with Crippen LogP contribution in [0.1, 0.15) is 235 Å². The van der Waals surface area contributed by atoms with Gasteiger partial charge in [-0.3, -0.25) is 47.8 Å². The fourth-order valence-corrected chi connectivity index (χ4v) is 21.1. The summed E-state index contributed by atoms with van der Waals surface area (Å²) >= 11 is 0. The van der Waals surface area contributed by atoms with Crippen LogP contribution in [-0.2, 0) is 80.7 Å². The van der Waals surface area contributed by atoms with Crippen LogP contribution >= 0.6 is 0 Å². The third-order valence-electron chi connectivity index (χ3n) is 28.0. The highest BCUT2D eigenvalue weighted by Gasteiger charge is 2.65. The van der Waals surface area contributed by atoms with E-state index in [1.165, 1.54) is 9.80 Å². The average Bonchev–Trinajstić information content (AvgIpc) is 1.56. The molecule has 120 heavy (non-hydrogen) atoms. The fraction of sp³-hybridized carbons (Fsp3) is 0.667. The molecule has 0 unspecified atom stereocenters. The third kappa shape index (κ3) is 18.6. The van der Waals surface area contributed by atoms with Crippen molar-refractivity contribution in [2.75, 3.05) is 26.3 Å². The number of sulfonamides is 2. The monoisotopic (exact) mass is 1710 g/mol. The van der Waals surface area contributed by atoms with Crippen LogP contribution < -0.4 is 28.4 Å². The lowest BCUT2D eigenvalue weighted by Gasteiger charge is -2.35. The zero-order valence-corrected chi connectivity index (χ0v) is 72.8. The largest absolute Gasteiger partial charge is 0.477 e. The Hall–Kier alpha value is -8.28. The van der Waals surface area contributed by atoms with Crippen LogP contribution in [0.3, 0.4) is 0 Å². The Bertz CT molecular complexity index is 4640. The van der Waals surface area contributed by atoms with Gasteiger partial charge in [0.2, 0.25) is 67.2 Å². The van der Waals surface area contributed by atoms with Gasteiger partial charge in [-0.05, 0) is 203 Å². The molecule has 4 aliphatic carbocycles. The number of aromatic nitrogens is 2. The summed E-state index contributed by atoms with van der Waals surface area (Å²) in [7, 11) is -8.02. The SMILES string of the molecule is CC[C@@H]1C[C@@H](C)CC/C=C\[C@@H]2C[C@@]2(C(=O)NS(=O)(=O)C2(C)CC2)CC(=O)[C@@H]2C[C@@H](Oc3nc4c(c5ccccc35)CCCO4)CN2C(=O)[C@H]1CC(=O)OC(C)(C)C(C)(F)F.CC[C@@H]1C[C@H](C)CC/C=C\[C@@H]2C[C@@]2(C(=O)NS(=O)(=O)C2(C)CC2)CC(=O)[C@@H]2C[C@@H](Oc3nc4c(c5ccccc35)CCCO4)CN2C(=O)[C@H]1CC(=O)OC(C)(C)C(C)(F)F. The van der Waals surface area contributed by atoms with Gasteiger partial charge in [-0.15, -0.1) is 0 Å². The summed E-state index contributed by atoms with van der Waals surface area (Å²) in [4.78, 5) is 128. The van der Waals surface area contributed by atoms with Gasteiger partial charge in [0, 0.05) is 61.4 Å². The molecule has 6 aliphatic heterocycles. The Labute approximate surface area is 701 Å². The number of nitrogens with one attached hydrogen (secondary N) is 2. The number of benzene rings is 2. The predicted molar refractivity (Wildman–Crippen MR) is 440 cm³/mol. The second-order valence-corrected chi connectivity index (χ2v) is 42.1. The highest BCUT2D eigenvalue weighted by atomic mass is 32.2. The molecule has 0 spiro atoms. The summed E-state index contributed by atoms with van der Waals surface area (Å²) in [5.74, 6) is -13.9. The van der Waals surface area contributed by atoms with Crippen LogP contribution in [0.15, 0.2) is 72.8 Å². The van der Waals surface area contributed by atoms with Crippen molar-refractivity contribution in [3.05, 3.63) is 84.0 Å². The summed E-state index contributed by atoms with van der Waals surface area (Å²) in [6.45, 7) is 17.9. The van der Waals surface area contributed by atoms with Gasteiger partial charge in [-0.2, -0.15) is 9.97 Å². The van der Waals surface area contributed by atoms with E-state index >= 15 is 9.59 Å². The highest BCUT2D eigenvalue weighted by Crippen LogP contribution is 2.60. The molecule has 14 rings (SSSR count). The molecule has 0 radical (unpaired) electrons. The average molecular weight is 1710 g/mol. The summed E-state index contributed by atoms with van der Waals surface area (Å²) in [6, 6.07) is 13.1. The van der Waals surface area contributed by atoms with Crippen LogP contribution in [0.4, 0.5) is 17.6 Å². The lowest BCUT2D eigenvalue weighted by molar-refractivity contribution is -0.197. The molecule has 8 heterocycles. The maximum absolute atomic E-state index is 15.2. The van der Waals surface area contributed by atoms with Gasteiger partial charge < -0.3 is 38.2 Å². The minimum absolute atomic E-state index is 0.0343. The number of hydrogen-bond donors (Lipinski definition) is 2. The Morgan fingerprint density at radius 1 is 0.550 bits per heavy atom. The molecule has 2 saturated heterocycles. The molecule has 0 bridgehead atoms. The molecule has 14 atom stereocenters. The highest BCUT2D eigenvalue weighted by molar-refractivity contribution is 7.92. The van der Waals surface area contributed by atoms with Gasteiger partial charge in [0.15, 0.2) is 22.8 Å². The van der Waals surface area contributed by atoms with Crippen molar-refractivity contribution in [1.82, 2.24) is 29.2 Å². The second-order valence-electron chi connectivity index (χ2n) is 37.7. The van der Waals surface area contributed by atoms with Crippen molar-refractivity contribution < 1.29 is 101 Å². The van der Waals surface area contributed by atoms with E-state index < -0.39 is 171 Å². The maximum atomic E-state index is 15.2. The number of esters is 2. The number of halogens is 4. The van der Waals surface area contributed by atoms with Crippen molar-refractivity contribution in [2.45, 2.75) is 294 Å². The number of ketones is 2. The summed E-state index contributed by atoms with van der Waals surface area (Å²) < 4.78 is 150. The molecule has 24 nitrogen and oxygen atoms in total. The number of Topliss-reactive ketones (excluding diaryl/α,β-unsaturated/α-hetero) is 2. The number of hydrogen-bond acceptors (Lipinski definition) is 20. The van der Waals surface area contributed by atoms with Gasteiger partial charge in [0.05, 0.1) is 83.4 Å². The third-order valence-corrected chi connectivity index (χ3v) is 32.3. The molecule has 4 aromatic rings. The molecule has 10 aliphatic rings. The molecule has 4 amide bonds. The number of aryl methyl sites for hydroxylation is 2. The Kier molecular flexibility index (Phi) is 25.4. The second kappa shape index (κ2) is 34.1. The molecule has 656 valence electrons. The number of ether oxygens (including phenoxy) is 6. The summed E-state index contributed by atoms with van der Waals surface area (Å²) in [6.07, 6.45) is 15.0. The van der Waals surface area contributed by atoms with E-state index in [4.69, 9.17) is 38.4 Å². The number of rotatable bonds is 20. The number of alkyl halides is 4. The number of fused-ring (bicyclic) bond motifs is 10. The first-order valence-electron chi connectivity index (χ1n) is 43.1. The summed E-state index contributed by atoms with van der Waals surface area (Å²) in [5.41, 5.74) is -5.03. The first kappa shape index (κ1) is 89.5. The Balaban J connectivity index is 0.000000207. The predicted octanol–water partition coefficient (Wildman–Crippen LogP) is 14.5. The molecule has 2 aromatic carbocycles. The minimum Gasteiger partial charge on any atom is -0.477 e. The van der Waals surface area contributed by atoms with Crippen molar-refractivity contribution in [2.24, 2.45) is 58.2 Å². The van der Waals surface area contributed by atoms with E-state index in [-0.39, 0.29) is 87.0 Å². The van der Waals surface area contributed by atoms with Gasteiger partial charge in [0.25, 0.3) is 11.8 Å². The van der Waals surface area contributed by atoms with Crippen LogP contribution in [0.25, 0.3) is 21.5 Å². The number of carbonyl (C=O) groups excluding carboxylic acids is 8. The normalized spacial score (nSPS) is 30.1. The quantitative estimate of drug-likeness (QED) is 0.0472. The van der Waals surface area contributed by atoms with Crippen LogP contribution in [0, 0.1) is 58.2 Å². The van der Waals surface area contributed by atoms with Crippen molar-refractivity contribution >= 4 is 88.7 Å². The van der Waals surface area contributed by atoms with Gasteiger partial charge in [-0.25, -0.2) is 34.4 Å². The molecule has 6 fully saturated rings. The molecular weight excluding hydrogens is 1590 g/mol. The van der Waals surface area contributed by atoms with E-state index in [1.807, 2.05) is 86.7 Å². The zero-order chi connectivity index (χ0) is 86.8. The van der Waals surface area contributed by atoms with E-state index in [9.17, 15) is 63.2 Å². The maximum Gasteiger partial charge on any atom is 0.307 e. The fourth-order valence-electron chi connectivity index (χ4n) is 18.5. The molecule has 2 N–H and O–H groups in total. The number of pyridine rings is 2. The van der Waals surface area contributed by atoms with Gasteiger partial charge >= 0.3 is 11.9 Å². The van der Waals surface area contributed by atoms with Crippen molar-refractivity contribution in [3.8, 4) is 23.5 Å². The smallest absolute Gasteiger partial charge is 0.307 e. The van der Waals surface area contributed by atoms with Crippen LogP contribution in [0.2, 0.25) is 0 Å². The lowest BCUT2D eigenvalue weighted by atomic mass is 9.79. The van der Waals surface area contributed by atoms with Crippen LogP contribution in [0.5, 0.6) is 23.5 Å². The van der Waals surface area contributed by atoms with Crippen molar-refractivity contribution in [1.29, 1.82) is 0 Å². The number of allylic oxidation sites excluding steroid dienone is 4. The minimum atomic E-state index is -4.01. The van der Waals surface area contributed by atoms with E-state index in [0.717, 1.165) is 98.9 Å². The number of amides is 4. The van der Waals surface area contributed by atoms with Gasteiger partial charge in [-0.1, -0.05) is 101 Å². The molecule has 2 aromatic heterocycles. The van der Waals surface area contributed by atoms with Gasteiger partial charge in [0.1, 0.15) is 12.2 Å². The standard InChI is InChI=1S/2C45H59F2N3O9S/c2*1-7-28-21-27(2)13-8-9-14-29-24-45(29,41(54)49-60(55,56)43(5)18-19-43)25-36(51)35-22-30(26-50(35)40(53)34(28)23-37(52)59-42(3,4)44(6,46)47)58-39-33-16-11-10-15-31(33)32-17-12-20-57-38(32)48-39/h2*9-11,14-16,27-30,34-35H,7-8,12-13,17-26H2,1-6H3,(H,49,54)/b2*14-9-/t27-,28+,29+,30+,34-,35-,45+;27-,28-,29-,30-,34+,35+,45-/m01/s1. The first-order valence-corrected chi connectivity index (χ1v) is 46.1. The molecule has 4 saturated carbocycles. The Morgan fingerprint density at radius 2 is 0.908 bits per heavy atom. The lowest BCUT2D eigenvalue weighted by Crippen LogP contribution is -2.49. The number of nitrogens with zero attached hydrogens (tertiary/aromatic N) is 4. The summed E-state index contributed by atoms with van der Waals surface area (Å²) in [5, 5.41) is 3.33. The zero-order valence-electron chi connectivity index (χ0n) is 71.1. The van der Waals surface area contributed by atoms with E-state index in [0.29, 0.717) is 103 Å². The molecular formula is C90H118F4N6O18S2. The van der Waals surface area contributed by atoms with Crippen molar-refractivity contribution in [3.63, 3.8) is 0 Å². The Morgan fingerprint density at radius 3 is 1.25 bits per heavy atom. The van der Waals surface area contributed by atoms with E-state index in [1.54, 1.807) is 13.8 Å². The van der Waals surface area contributed by atoms with E-state index in [2.05, 4.69) is 23.3 Å². The van der Waals surface area contributed by atoms with Crippen LogP contribution in [-0.4, -0.2) is 167 Å². The first-order chi connectivity index (χ1) is 56.4. The number of carbonyl (C=O) groups is 8. The molecule has 30 heteroatoms. The topological polar surface area (TPSA) is 317 Å².